The molecule has 0 radical (unpaired) electrons. The number of carbonyl (C=O) groups excluding carboxylic acids is 2. The predicted molar refractivity (Wildman–Crippen MR) is 128 cm³/mol. The Morgan fingerprint density at radius 3 is 2.64 bits per heavy atom. The molecule has 33 heavy (non-hydrogen) atoms. The number of allylic oxidation sites excluding steroid dienone is 3. The third kappa shape index (κ3) is 8.97. The number of rotatable bonds is 5. The smallest absolute Gasteiger partial charge is 0.306 e. The summed E-state index contributed by atoms with van der Waals surface area (Å²) in [6.45, 7) is 8.85. The molecule has 6 nitrogen and oxygen atoms in total. The largest absolute Gasteiger partial charge is 0.457 e. The molecule has 2 rings (SSSR count). The van der Waals surface area contributed by atoms with Crippen LogP contribution in [0.25, 0.3) is 0 Å². The summed E-state index contributed by atoms with van der Waals surface area (Å²) in [7, 11) is 0. The van der Waals surface area contributed by atoms with E-state index in [0.29, 0.717) is 12.8 Å². The van der Waals surface area contributed by atoms with Crippen LogP contribution in [0.1, 0.15) is 59.4 Å². The number of cyclic esters (lactones) is 1. The number of pyridine rings is 1. The van der Waals surface area contributed by atoms with Gasteiger partial charge in [0.25, 0.3) is 0 Å². The summed E-state index contributed by atoms with van der Waals surface area (Å²) < 4.78 is 11.3. The fraction of sp³-hybridized carbons (Fsp3) is 0.519. The van der Waals surface area contributed by atoms with E-state index in [9.17, 15) is 14.7 Å². The zero-order chi connectivity index (χ0) is 24.4. The molecule has 0 aliphatic carbocycles. The molecule has 1 N–H and O–H groups in total. The summed E-state index contributed by atoms with van der Waals surface area (Å²) in [6.07, 6.45) is 13.9. The maximum atomic E-state index is 12.6. The molecule has 1 aliphatic rings. The molecule has 0 saturated heterocycles. The monoisotopic (exact) mass is 455 g/mol. The van der Waals surface area contributed by atoms with Gasteiger partial charge in [-0.05, 0) is 68.4 Å². The molecule has 0 amide bonds. The summed E-state index contributed by atoms with van der Waals surface area (Å²) in [5.41, 5.74) is 0.848. The number of nitrogens with zero attached hydrogens (tertiary/aromatic N) is 1. The van der Waals surface area contributed by atoms with Crippen LogP contribution in [0, 0.1) is 11.8 Å². The van der Waals surface area contributed by atoms with Gasteiger partial charge < -0.3 is 14.6 Å². The van der Waals surface area contributed by atoms with Crippen LogP contribution < -0.4 is 0 Å². The molecule has 1 aromatic heterocycles. The summed E-state index contributed by atoms with van der Waals surface area (Å²) in [5, 5.41) is 11.0. The van der Waals surface area contributed by atoms with Gasteiger partial charge in [0, 0.05) is 31.7 Å². The van der Waals surface area contributed by atoms with Crippen molar-refractivity contribution in [3.63, 3.8) is 0 Å². The van der Waals surface area contributed by atoms with Crippen LogP contribution >= 0.6 is 0 Å². The van der Waals surface area contributed by atoms with Crippen molar-refractivity contribution in [3.8, 4) is 0 Å². The lowest BCUT2D eigenvalue weighted by Crippen LogP contribution is -2.41. The molecule has 5 atom stereocenters. The Morgan fingerprint density at radius 1 is 1.27 bits per heavy atom. The Morgan fingerprint density at radius 2 is 1.97 bits per heavy atom. The maximum absolute atomic E-state index is 12.6. The van der Waals surface area contributed by atoms with Gasteiger partial charge in [-0.2, -0.15) is 0 Å². The molecule has 2 heterocycles. The van der Waals surface area contributed by atoms with Gasteiger partial charge in [-0.3, -0.25) is 14.6 Å². The van der Waals surface area contributed by atoms with E-state index in [4.69, 9.17) is 9.47 Å². The predicted octanol–water partition coefficient (Wildman–Crippen LogP) is 4.73. The number of aliphatic hydroxyl groups is 1. The minimum absolute atomic E-state index is 0.0332. The van der Waals surface area contributed by atoms with Crippen molar-refractivity contribution >= 4 is 11.9 Å². The van der Waals surface area contributed by atoms with Crippen LogP contribution in [0.4, 0.5) is 0 Å². The summed E-state index contributed by atoms with van der Waals surface area (Å²) in [6, 6.07) is 3.94. The summed E-state index contributed by atoms with van der Waals surface area (Å²) >= 11 is 0. The van der Waals surface area contributed by atoms with Gasteiger partial charge in [-0.25, -0.2) is 0 Å². The van der Waals surface area contributed by atoms with Crippen LogP contribution in [0.3, 0.4) is 0 Å². The normalized spacial score (nSPS) is 30.7. The van der Waals surface area contributed by atoms with Crippen molar-refractivity contribution in [2.45, 2.75) is 78.1 Å². The van der Waals surface area contributed by atoms with Crippen molar-refractivity contribution in [2.24, 2.45) is 11.8 Å². The van der Waals surface area contributed by atoms with Crippen LogP contribution in [-0.2, 0) is 25.5 Å². The molecule has 0 spiro atoms. The number of hydrogen-bond donors (Lipinski definition) is 1. The fourth-order valence-corrected chi connectivity index (χ4v) is 3.84. The van der Waals surface area contributed by atoms with Crippen molar-refractivity contribution < 1.29 is 24.2 Å². The second kappa shape index (κ2) is 12.5. The summed E-state index contributed by atoms with van der Waals surface area (Å²) in [4.78, 5) is 28.3. The number of aromatic nitrogens is 1. The Labute approximate surface area is 197 Å². The average Bonchev–Trinajstić information content (AvgIpc) is 2.76. The lowest BCUT2D eigenvalue weighted by atomic mass is 9.87. The van der Waals surface area contributed by atoms with Crippen molar-refractivity contribution in [2.75, 3.05) is 0 Å². The third-order valence-corrected chi connectivity index (χ3v) is 5.94. The molecule has 1 aromatic rings. The molecule has 6 heteroatoms. The minimum Gasteiger partial charge on any atom is -0.457 e. The van der Waals surface area contributed by atoms with Gasteiger partial charge in [0.2, 0.25) is 0 Å². The van der Waals surface area contributed by atoms with E-state index < -0.39 is 23.8 Å². The Hall–Kier alpha value is -2.73. The first kappa shape index (κ1) is 26.5. The highest BCUT2D eigenvalue weighted by Crippen LogP contribution is 2.28. The molecule has 0 unspecified atom stereocenters. The van der Waals surface area contributed by atoms with Gasteiger partial charge in [0.15, 0.2) is 0 Å². The summed E-state index contributed by atoms with van der Waals surface area (Å²) in [5.74, 6) is -0.845. The zero-order valence-corrected chi connectivity index (χ0v) is 20.4. The maximum Gasteiger partial charge on any atom is 0.306 e. The molecule has 1 aliphatic heterocycles. The quantitative estimate of drug-likeness (QED) is 0.392. The highest BCUT2D eigenvalue weighted by atomic mass is 16.6. The number of hydrogen-bond acceptors (Lipinski definition) is 6. The lowest BCUT2D eigenvalue weighted by molar-refractivity contribution is -0.156. The Balaban J connectivity index is 2.25. The molecular formula is C27H37NO5. The number of ether oxygens (including phenoxy) is 2. The first-order chi connectivity index (χ1) is 15.6. The lowest BCUT2D eigenvalue weighted by Gasteiger charge is -2.32. The third-order valence-electron chi connectivity index (χ3n) is 5.94. The van der Waals surface area contributed by atoms with Crippen molar-refractivity contribution in [1.82, 2.24) is 4.98 Å². The molecule has 0 bridgehead atoms. The zero-order valence-electron chi connectivity index (χ0n) is 20.4. The van der Waals surface area contributed by atoms with Crippen molar-refractivity contribution in [1.29, 1.82) is 0 Å². The second-order valence-electron chi connectivity index (χ2n) is 9.29. The molecule has 180 valence electrons. The second-order valence-corrected chi connectivity index (χ2v) is 9.29. The minimum atomic E-state index is -1.23. The van der Waals surface area contributed by atoms with Gasteiger partial charge in [-0.1, -0.05) is 38.2 Å². The topological polar surface area (TPSA) is 85.7 Å². The van der Waals surface area contributed by atoms with Crippen molar-refractivity contribution in [3.05, 3.63) is 66.0 Å². The molecule has 0 fully saturated rings. The average molecular weight is 456 g/mol. The molecule has 0 saturated carbocycles. The highest BCUT2D eigenvalue weighted by molar-refractivity contribution is 5.70. The van der Waals surface area contributed by atoms with E-state index in [1.54, 1.807) is 25.4 Å². The first-order valence-corrected chi connectivity index (χ1v) is 11.6. The van der Waals surface area contributed by atoms with Crippen LogP contribution in [0.2, 0.25) is 0 Å². The van der Waals surface area contributed by atoms with E-state index >= 15 is 0 Å². The van der Waals surface area contributed by atoms with Gasteiger partial charge >= 0.3 is 11.9 Å². The van der Waals surface area contributed by atoms with Gasteiger partial charge in [0.1, 0.15) is 17.8 Å². The standard InChI is InChI=1S/C27H37NO5/c1-19-12-15-27(5,31)24(32-22(4)29)11-10-21(3)26(33-25(30)18-19)20(2)8-6-7-9-23-13-16-28-17-14-23/h6-8,10-11,13-14,16-17,19,21,24,26,31H,9,12,15,18H2,1-5H3/b7-6+,11-10+,20-8+/t19-,21+,24+,26-,27-/m1/s1. The molecule has 0 aromatic carbocycles. The van der Waals surface area contributed by atoms with Gasteiger partial charge in [-0.15, -0.1) is 0 Å². The highest BCUT2D eigenvalue weighted by Gasteiger charge is 2.34. The molecular weight excluding hydrogens is 418 g/mol. The first-order valence-electron chi connectivity index (χ1n) is 11.6. The number of carbonyl (C=O) groups is 2. The van der Waals surface area contributed by atoms with Gasteiger partial charge in [0.05, 0.1) is 0 Å². The van der Waals surface area contributed by atoms with E-state index in [1.807, 2.05) is 57.2 Å². The van der Waals surface area contributed by atoms with Crippen LogP contribution in [0.5, 0.6) is 0 Å². The van der Waals surface area contributed by atoms with E-state index in [1.165, 1.54) is 12.5 Å². The number of esters is 2. The van der Waals surface area contributed by atoms with E-state index in [-0.39, 0.29) is 24.2 Å². The van der Waals surface area contributed by atoms with Crippen LogP contribution in [-0.4, -0.2) is 39.8 Å². The SMILES string of the molecule is CC(=O)O[C@H]1/C=C/[C@H](C)[C@@H](/C(C)=C/C=C/Cc2ccncc2)OC(=O)C[C@H](C)CC[C@@]1(C)O. The Kier molecular flexibility index (Phi) is 10.0. The fourth-order valence-electron chi connectivity index (χ4n) is 3.84. The van der Waals surface area contributed by atoms with Crippen LogP contribution in [0.15, 0.2) is 60.5 Å². The van der Waals surface area contributed by atoms with E-state index in [0.717, 1.165) is 12.0 Å². The Bertz CT molecular complexity index is 872. The van der Waals surface area contributed by atoms with E-state index in [2.05, 4.69) is 4.98 Å².